The molecular formula is C13H18BrN5O2. The second-order valence-corrected chi connectivity index (χ2v) is 6.61. The summed E-state index contributed by atoms with van der Waals surface area (Å²) in [7, 11) is 0. The van der Waals surface area contributed by atoms with Gasteiger partial charge in [-0.15, -0.1) is 0 Å². The Balaban J connectivity index is 1.95. The molecule has 0 saturated carbocycles. The third-order valence-electron chi connectivity index (χ3n) is 3.86. The molecule has 2 aromatic heterocycles. The van der Waals surface area contributed by atoms with Crippen LogP contribution in [0, 0.1) is 0 Å². The number of nitrogens with one attached hydrogen (secondary N) is 1. The van der Waals surface area contributed by atoms with Gasteiger partial charge in [0, 0.05) is 25.2 Å². The van der Waals surface area contributed by atoms with Crippen LogP contribution < -0.4 is 5.69 Å². The highest BCUT2D eigenvalue weighted by Gasteiger charge is 2.30. The lowest BCUT2D eigenvalue weighted by atomic mass is 10.0. The van der Waals surface area contributed by atoms with Crippen molar-refractivity contribution in [1.29, 1.82) is 0 Å². The molecule has 3 rings (SSSR count). The molecule has 7 nitrogen and oxygen atoms in total. The van der Waals surface area contributed by atoms with E-state index in [2.05, 4.69) is 49.6 Å². The molecule has 21 heavy (non-hydrogen) atoms. The molecule has 1 aliphatic rings. The average molecular weight is 356 g/mol. The highest BCUT2D eigenvalue weighted by atomic mass is 79.9. The topological polar surface area (TPSA) is 76.0 Å². The highest BCUT2D eigenvalue weighted by Crippen LogP contribution is 2.20. The van der Waals surface area contributed by atoms with Gasteiger partial charge in [-0.05, 0) is 29.8 Å². The van der Waals surface area contributed by atoms with Gasteiger partial charge in [0.05, 0.1) is 19.4 Å². The molecule has 0 spiro atoms. The van der Waals surface area contributed by atoms with Gasteiger partial charge in [-0.3, -0.25) is 14.5 Å². The first kappa shape index (κ1) is 14.7. The van der Waals surface area contributed by atoms with E-state index in [9.17, 15) is 4.79 Å². The smallest absolute Gasteiger partial charge is 0.328 e. The van der Waals surface area contributed by atoms with E-state index in [4.69, 9.17) is 4.74 Å². The predicted octanol–water partition coefficient (Wildman–Crippen LogP) is 0.993. The minimum Gasteiger partial charge on any atom is -0.379 e. The number of fused-ring (bicyclic) bond motifs is 1. The molecule has 8 heteroatoms. The fraction of sp³-hybridized carbons (Fsp3) is 0.615. The zero-order valence-corrected chi connectivity index (χ0v) is 13.7. The molecule has 2 aromatic rings. The van der Waals surface area contributed by atoms with Gasteiger partial charge in [0.25, 0.3) is 0 Å². The fourth-order valence-electron chi connectivity index (χ4n) is 2.70. The Kier molecular flexibility index (Phi) is 3.85. The van der Waals surface area contributed by atoms with Crippen molar-refractivity contribution in [2.75, 3.05) is 26.3 Å². The number of ether oxygens (including phenoxy) is 1. The third kappa shape index (κ3) is 2.88. The van der Waals surface area contributed by atoms with Crippen molar-refractivity contribution in [2.45, 2.75) is 25.9 Å². The maximum absolute atomic E-state index is 12.2. The molecule has 3 heterocycles. The van der Waals surface area contributed by atoms with Gasteiger partial charge >= 0.3 is 5.69 Å². The van der Waals surface area contributed by atoms with E-state index in [0.29, 0.717) is 22.4 Å². The van der Waals surface area contributed by atoms with Crippen LogP contribution in [0.5, 0.6) is 0 Å². The van der Waals surface area contributed by atoms with Crippen LogP contribution in [0.2, 0.25) is 0 Å². The fourth-order valence-corrected chi connectivity index (χ4v) is 2.97. The second kappa shape index (κ2) is 5.51. The normalized spacial score (nSPS) is 17.5. The summed E-state index contributed by atoms with van der Waals surface area (Å²) in [4.78, 5) is 25.8. The minimum atomic E-state index is -0.176. The number of hydrogen-bond acceptors (Lipinski definition) is 5. The summed E-state index contributed by atoms with van der Waals surface area (Å²) in [6.45, 7) is 8.04. The number of halogens is 1. The number of hydrogen-bond donors (Lipinski definition) is 1. The molecule has 0 bridgehead atoms. The van der Waals surface area contributed by atoms with Crippen molar-refractivity contribution >= 4 is 27.2 Å². The van der Waals surface area contributed by atoms with Crippen LogP contribution in [0.25, 0.3) is 11.3 Å². The molecule has 0 unspecified atom stereocenters. The number of aromatic amines is 1. The SMILES string of the molecule is CC(C)(Cn1c(=O)[nH]c2ncc(Br)nc21)N1CCOCC1. The number of H-pyrrole nitrogens is 1. The van der Waals surface area contributed by atoms with E-state index in [1.54, 1.807) is 10.8 Å². The molecule has 1 aliphatic heterocycles. The Bertz CT molecular complexity index is 702. The predicted molar refractivity (Wildman–Crippen MR) is 82.3 cm³/mol. The number of rotatable bonds is 3. The number of nitrogens with zero attached hydrogens (tertiary/aromatic N) is 4. The lowest BCUT2D eigenvalue weighted by Gasteiger charge is -2.40. The lowest BCUT2D eigenvalue weighted by Crippen LogP contribution is -2.52. The van der Waals surface area contributed by atoms with Crippen LogP contribution in [0.4, 0.5) is 0 Å². The van der Waals surface area contributed by atoms with E-state index in [1.807, 2.05) is 0 Å². The van der Waals surface area contributed by atoms with Crippen molar-refractivity contribution < 1.29 is 4.74 Å². The maximum atomic E-state index is 12.2. The van der Waals surface area contributed by atoms with Crippen LogP contribution >= 0.6 is 15.9 Å². The quantitative estimate of drug-likeness (QED) is 0.888. The first-order valence-electron chi connectivity index (χ1n) is 6.91. The minimum absolute atomic E-state index is 0.160. The zero-order chi connectivity index (χ0) is 15.0. The van der Waals surface area contributed by atoms with E-state index >= 15 is 0 Å². The first-order valence-corrected chi connectivity index (χ1v) is 7.70. The molecule has 114 valence electrons. The van der Waals surface area contributed by atoms with Gasteiger partial charge < -0.3 is 4.74 Å². The molecule has 1 fully saturated rings. The number of morpholine rings is 1. The van der Waals surface area contributed by atoms with Crippen LogP contribution in [0.3, 0.4) is 0 Å². The Morgan fingerprint density at radius 2 is 2.14 bits per heavy atom. The molecule has 0 amide bonds. The first-order chi connectivity index (χ1) is 9.97. The van der Waals surface area contributed by atoms with Crippen LogP contribution in [-0.4, -0.2) is 56.3 Å². The summed E-state index contributed by atoms with van der Waals surface area (Å²) in [6, 6.07) is 0. The van der Waals surface area contributed by atoms with Gasteiger partial charge in [-0.1, -0.05) is 0 Å². The van der Waals surface area contributed by atoms with Crippen LogP contribution in [0.1, 0.15) is 13.8 Å². The molecule has 0 atom stereocenters. The largest absolute Gasteiger partial charge is 0.379 e. The molecule has 0 aromatic carbocycles. The van der Waals surface area contributed by atoms with Crippen molar-refractivity contribution in [1.82, 2.24) is 24.4 Å². The van der Waals surface area contributed by atoms with Gasteiger partial charge in [-0.2, -0.15) is 0 Å². The van der Waals surface area contributed by atoms with Gasteiger partial charge in [0.2, 0.25) is 0 Å². The van der Waals surface area contributed by atoms with Crippen molar-refractivity contribution in [3.05, 3.63) is 21.3 Å². The van der Waals surface area contributed by atoms with Crippen molar-refractivity contribution in [2.24, 2.45) is 0 Å². The van der Waals surface area contributed by atoms with E-state index in [0.717, 1.165) is 26.3 Å². The summed E-state index contributed by atoms with van der Waals surface area (Å²) >= 11 is 3.30. The zero-order valence-electron chi connectivity index (χ0n) is 12.1. The second-order valence-electron chi connectivity index (χ2n) is 5.79. The average Bonchev–Trinajstić information content (AvgIpc) is 2.76. The van der Waals surface area contributed by atoms with Gasteiger partial charge in [0.15, 0.2) is 11.3 Å². The van der Waals surface area contributed by atoms with Gasteiger partial charge in [-0.25, -0.2) is 14.8 Å². The monoisotopic (exact) mass is 355 g/mol. The Hall–Kier alpha value is -1.25. The van der Waals surface area contributed by atoms with E-state index in [-0.39, 0.29) is 11.2 Å². The summed E-state index contributed by atoms with van der Waals surface area (Å²) < 4.78 is 7.67. The molecular weight excluding hydrogens is 338 g/mol. The molecule has 1 saturated heterocycles. The van der Waals surface area contributed by atoms with Crippen molar-refractivity contribution in [3.8, 4) is 0 Å². The number of imidazole rings is 1. The molecule has 0 aliphatic carbocycles. The summed E-state index contributed by atoms with van der Waals surface area (Å²) in [5, 5.41) is 0. The van der Waals surface area contributed by atoms with E-state index < -0.39 is 0 Å². The Morgan fingerprint density at radius 3 is 2.86 bits per heavy atom. The standard InChI is InChI=1S/C13H18BrN5O2/c1-13(2,18-3-5-21-6-4-18)8-19-11-10(17-12(19)20)15-7-9(14)16-11/h7H,3-6,8H2,1-2H3,(H,15,17,20). The summed E-state index contributed by atoms with van der Waals surface area (Å²) in [5.74, 6) is 0. The van der Waals surface area contributed by atoms with Crippen LogP contribution in [0.15, 0.2) is 15.6 Å². The van der Waals surface area contributed by atoms with E-state index in [1.165, 1.54) is 0 Å². The number of aromatic nitrogens is 4. The highest BCUT2D eigenvalue weighted by molar-refractivity contribution is 9.10. The Morgan fingerprint density at radius 1 is 1.43 bits per heavy atom. The maximum Gasteiger partial charge on any atom is 0.328 e. The third-order valence-corrected chi connectivity index (χ3v) is 4.25. The van der Waals surface area contributed by atoms with Crippen molar-refractivity contribution in [3.63, 3.8) is 0 Å². The van der Waals surface area contributed by atoms with Crippen LogP contribution in [-0.2, 0) is 11.3 Å². The Labute approximate surface area is 130 Å². The molecule has 1 N–H and O–H groups in total. The van der Waals surface area contributed by atoms with Gasteiger partial charge in [0.1, 0.15) is 4.60 Å². The summed E-state index contributed by atoms with van der Waals surface area (Å²) in [6.07, 6.45) is 1.58. The summed E-state index contributed by atoms with van der Waals surface area (Å²) in [5.41, 5.74) is 0.758. The lowest BCUT2D eigenvalue weighted by molar-refractivity contribution is -0.0155. The molecule has 0 radical (unpaired) electrons.